The molecule has 5 rings (SSSR count). The molecular weight excluding hydrogens is 400 g/mol. The summed E-state index contributed by atoms with van der Waals surface area (Å²) in [5.41, 5.74) is 5.89. The molecular formula is C25H24N6O. The van der Waals surface area contributed by atoms with Gasteiger partial charge in [-0.15, -0.1) is 5.10 Å². The zero-order valence-electron chi connectivity index (χ0n) is 18.4. The summed E-state index contributed by atoms with van der Waals surface area (Å²) >= 11 is 0. The number of anilines is 1. The molecule has 0 bridgehead atoms. The van der Waals surface area contributed by atoms with Crippen molar-refractivity contribution in [1.82, 2.24) is 25.0 Å². The Morgan fingerprint density at radius 2 is 1.84 bits per heavy atom. The number of carbonyl (C=O) groups excluding carboxylic acids is 1. The molecule has 0 spiro atoms. The Morgan fingerprint density at radius 3 is 2.56 bits per heavy atom. The number of nitrogens with zero attached hydrogens (tertiary/aromatic N) is 6. The number of fused-ring (bicyclic) bond motifs is 1. The lowest BCUT2D eigenvalue weighted by Crippen LogP contribution is -2.26. The van der Waals surface area contributed by atoms with Crippen LogP contribution in [0.3, 0.4) is 0 Å². The van der Waals surface area contributed by atoms with Crippen molar-refractivity contribution in [2.75, 3.05) is 4.90 Å². The highest BCUT2D eigenvalue weighted by Crippen LogP contribution is 2.32. The summed E-state index contributed by atoms with van der Waals surface area (Å²) in [5, 5.41) is 8.13. The maximum Gasteiger partial charge on any atom is 0.233 e. The highest BCUT2D eigenvalue weighted by atomic mass is 16.2. The van der Waals surface area contributed by atoms with Crippen LogP contribution in [0.1, 0.15) is 42.1 Å². The number of aromatic nitrogens is 5. The van der Waals surface area contributed by atoms with E-state index in [4.69, 9.17) is 4.98 Å². The molecule has 160 valence electrons. The fourth-order valence-electron chi connectivity index (χ4n) is 4.04. The Labute approximate surface area is 186 Å². The van der Waals surface area contributed by atoms with Gasteiger partial charge in [-0.2, -0.15) is 0 Å². The van der Waals surface area contributed by atoms with Gasteiger partial charge in [-0.1, -0.05) is 55.5 Å². The number of benzene rings is 2. The van der Waals surface area contributed by atoms with E-state index in [1.165, 1.54) is 5.56 Å². The SMILES string of the molecule is Cc1cn(-c2ccc(CN3C(=O)Cc4cnc(-c5ccccc5C(C)C)nc43)cc2)nn1. The Balaban J connectivity index is 1.44. The van der Waals surface area contributed by atoms with Crippen LogP contribution in [0.4, 0.5) is 5.82 Å². The third-order valence-corrected chi connectivity index (χ3v) is 5.71. The maximum absolute atomic E-state index is 12.8. The van der Waals surface area contributed by atoms with Gasteiger partial charge in [0.1, 0.15) is 5.82 Å². The molecule has 0 atom stereocenters. The van der Waals surface area contributed by atoms with E-state index in [1.54, 1.807) is 15.8 Å². The van der Waals surface area contributed by atoms with Gasteiger partial charge in [-0.05, 0) is 36.1 Å². The first-order valence-electron chi connectivity index (χ1n) is 10.7. The summed E-state index contributed by atoms with van der Waals surface area (Å²) in [6.45, 7) is 6.69. The predicted octanol–water partition coefficient (Wildman–Crippen LogP) is 4.25. The first-order valence-corrected chi connectivity index (χ1v) is 10.7. The van der Waals surface area contributed by atoms with Crippen LogP contribution in [0.15, 0.2) is 60.9 Å². The van der Waals surface area contributed by atoms with Gasteiger partial charge in [0, 0.05) is 17.3 Å². The monoisotopic (exact) mass is 424 g/mol. The Kier molecular flexibility index (Phi) is 5.01. The standard InChI is InChI=1S/C25H24N6O/c1-16(2)21-6-4-5-7-22(21)24-26-13-19-12-23(32)30(25(19)27-24)15-18-8-10-20(11-9-18)31-14-17(3)28-29-31/h4-11,13-14,16H,12,15H2,1-3H3. The third-order valence-electron chi connectivity index (χ3n) is 5.71. The normalized spacial score (nSPS) is 13.1. The van der Waals surface area contributed by atoms with Crippen LogP contribution in [-0.2, 0) is 17.8 Å². The van der Waals surface area contributed by atoms with Crippen LogP contribution in [0.2, 0.25) is 0 Å². The topological polar surface area (TPSA) is 76.8 Å². The lowest BCUT2D eigenvalue weighted by atomic mass is 9.97. The quantitative estimate of drug-likeness (QED) is 0.479. The van der Waals surface area contributed by atoms with Crippen molar-refractivity contribution in [2.45, 2.75) is 39.7 Å². The molecule has 4 aromatic rings. The average Bonchev–Trinajstić information content (AvgIpc) is 3.37. The number of hydrogen-bond donors (Lipinski definition) is 0. The van der Waals surface area contributed by atoms with E-state index in [1.807, 2.05) is 55.6 Å². The van der Waals surface area contributed by atoms with Crippen LogP contribution in [0.5, 0.6) is 0 Å². The minimum Gasteiger partial charge on any atom is -0.292 e. The van der Waals surface area contributed by atoms with Crippen molar-refractivity contribution < 1.29 is 4.79 Å². The van der Waals surface area contributed by atoms with Gasteiger partial charge in [-0.3, -0.25) is 9.69 Å². The first-order chi connectivity index (χ1) is 15.5. The van der Waals surface area contributed by atoms with Crippen LogP contribution < -0.4 is 4.90 Å². The number of hydrogen-bond acceptors (Lipinski definition) is 5. The smallest absolute Gasteiger partial charge is 0.233 e. The highest BCUT2D eigenvalue weighted by molar-refractivity contribution is 6.00. The molecule has 32 heavy (non-hydrogen) atoms. The molecule has 1 aliphatic rings. The molecule has 2 aromatic carbocycles. The molecule has 3 heterocycles. The lowest BCUT2D eigenvalue weighted by Gasteiger charge is -2.18. The highest BCUT2D eigenvalue weighted by Gasteiger charge is 2.30. The minimum absolute atomic E-state index is 0.0413. The van der Waals surface area contributed by atoms with Crippen molar-refractivity contribution in [3.05, 3.63) is 83.3 Å². The van der Waals surface area contributed by atoms with Gasteiger partial charge < -0.3 is 0 Å². The second kappa shape index (κ2) is 8.00. The molecule has 0 aliphatic carbocycles. The number of carbonyl (C=O) groups is 1. The van der Waals surface area contributed by atoms with Crippen molar-refractivity contribution in [3.63, 3.8) is 0 Å². The van der Waals surface area contributed by atoms with E-state index in [0.717, 1.165) is 28.1 Å². The molecule has 7 nitrogen and oxygen atoms in total. The summed E-state index contributed by atoms with van der Waals surface area (Å²) in [5.74, 6) is 1.76. The lowest BCUT2D eigenvalue weighted by molar-refractivity contribution is -0.117. The number of aryl methyl sites for hydroxylation is 1. The van der Waals surface area contributed by atoms with Crippen molar-refractivity contribution in [1.29, 1.82) is 0 Å². The third kappa shape index (κ3) is 3.66. The van der Waals surface area contributed by atoms with E-state index in [9.17, 15) is 4.79 Å². The molecule has 0 saturated carbocycles. The van der Waals surface area contributed by atoms with Gasteiger partial charge in [-0.25, -0.2) is 14.6 Å². The summed E-state index contributed by atoms with van der Waals surface area (Å²) in [7, 11) is 0. The van der Waals surface area contributed by atoms with Gasteiger partial charge in [0.25, 0.3) is 0 Å². The number of rotatable bonds is 5. The van der Waals surface area contributed by atoms with Gasteiger partial charge in [0.05, 0.1) is 30.5 Å². The first kappa shape index (κ1) is 20.1. The van der Waals surface area contributed by atoms with Crippen molar-refractivity contribution in [3.8, 4) is 17.1 Å². The predicted molar refractivity (Wildman–Crippen MR) is 123 cm³/mol. The zero-order chi connectivity index (χ0) is 22.2. The molecule has 7 heteroatoms. The maximum atomic E-state index is 12.8. The molecule has 1 aliphatic heterocycles. The zero-order valence-corrected chi connectivity index (χ0v) is 18.4. The second-order valence-corrected chi connectivity index (χ2v) is 8.41. The van der Waals surface area contributed by atoms with E-state index in [0.29, 0.717) is 30.5 Å². The fourth-order valence-corrected chi connectivity index (χ4v) is 4.04. The van der Waals surface area contributed by atoms with Gasteiger partial charge in [0.15, 0.2) is 5.82 Å². The van der Waals surface area contributed by atoms with Gasteiger partial charge >= 0.3 is 0 Å². The summed E-state index contributed by atoms with van der Waals surface area (Å²) in [6, 6.07) is 16.2. The molecule has 0 fully saturated rings. The summed E-state index contributed by atoms with van der Waals surface area (Å²) < 4.78 is 1.74. The van der Waals surface area contributed by atoms with E-state index in [-0.39, 0.29) is 5.91 Å². The fraction of sp³-hybridized carbons (Fsp3) is 0.240. The Bertz CT molecular complexity index is 1290. The van der Waals surface area contributed by atoms with Crippen LogP contribution in [0, 0.1) is 6.92 Å². The van der Waals surface area contributed by atoms with Crippen molar-refractivity contribution in [2.24, 2.45) is 0 Å². The molecule has 0 saturated heterocycles. The summed E-state index contributed by atoms with van der Waals surface area (Å²) in [4.78, 5) is 24.0. The molecule has 2 aromatic heterocycles. The average molecular weight is 425 g/mol. The summed E-state index contributed by atoms with van der Waals surface area (Å²) in [6.07, 6.45) is 4.00. The minimum atomic E-state index is 0.0413. The largest absolute Gasteiger partial charge is 0.292 e. The van der Waals surface area contributed by atoms with Crippen LogP contribution in [-0.4, -0.2) is 30.9 Å². The van der Waals surface area contributed by atoms with E-state index < -0.39 is 0 Å². The molecule has 0 N–H and O–H groups in total. The Hall–Kier alpha value is -3.87. The van der Waals surface area contributed by atoms with E-state index >= 15 is 0 Å². The molecule has 1 amide bonds. The van der Waals surface area contributed by atoms with Crippen LogP contribution >= 0.6 is 0 Å². The second-order valence-electron chi connectivity index (χ2n) is 8.41. The van der Waals surface area contributed by atoms with Gasteiger partial charge in [0.2, 0.25) is 5.91 Å². The Morgan fingerprint density at radius 1 is 1.06 bits per heavy atom. The van der Waals surface area contributed by atoms with Crippen LogP contribution in [0.25, 0.3) is 17.1 Å². The molecule has 0 unspecified atom stereocenters. The molecule has 0 radical (unpaired) electrons. The van der Waals surface area contributed by atoms with Crippen molar-refractivity contribution >= 4 is 11.7 Å². The van der Waals surface area contributed by atoms with E-state index in [2.05, 4.69) is 35.2 Å². The number of amides is 1.